The molecule has 2 N–H and O–H groups in total. The predicted octanol–water partition coefficient (Wildman–Crippen LogP) is 3.01. The summed E-state index contributed by atoms with van der Waals surface area (Å²) in [5, 5.41) is 3.99. The van der Waals surface area contributed by atoms with E-state index in [-0.39, 0.29) is 11.5 Å². The molecule has 0 fully saturated rings. The Bertz CT molecular complexity index is 537. The Kier molecular flexibility index (Phi) is 3.71. The van der Waals surface area contributed by atoms with Gasteiger partial charge in [-0.15, -0.1) is 0 Å². The Hall–Kier alpha value is -1.68. The molecule has 2 rings (SSSR count). The van der Waals surface area contributed by atoms with Gasteiger partial charge in [-0.2, -0.15) is 4.98 Å². The molecule has 19 heavy (non-hydrogen) atoms. The van der Waals surface area contributed by atoms with Crippen molar-refractivity contribution in [2.45, 2.75) is 40.2 Å². The van der Waals surface area contributed by atoms with Gasteiger partial charge in [0, 0.05) is 0 Å². The van der Waals surface area contributed by atoms with Crippen LogP contribution in [0.2, 0.25) is 0 Å². The van der Waals surface area contributed by atoms with Crippen LogP contribution in [0.4, 0.5) is 0 Å². The fourth-order valence-electron chi connectivity index (χ4n) is 1.73. The molecule has 0 aliphatic carbocycles. The zero-order valence-electron chi connectivity index (χ0n) is 12.0. The first kappa shape index (κ1) is 13.7. The first-order valence-corrected chi connectivity index (χ1v) is 6.50. The highest BCUT2D eigenvalue weighted by atomic mass is 16.5. The lowest BCUT2D eigenvalue weighted by Gasteiger charge is -2.23. The van der Waals surface area contributed by atoms with Gasteiger partial charge in [-0.1, -0.05) is 55.8 Å². The van der Waals surface area contributed by atoms with Crippen molar-refractivity contribution in [1.82, 2.24) is 10.1 Å². The van der Waals surface area contributed by atoms with E-state index in [0.29, 0.717) is 18.1 Å². The standard InChI is InChI=1S/C15H21N3O/c1-10-5-7-11(8-6-10)9-12-17-14(18-19-12)13(16)15(2,3)4/h5-8,13H,9,16H2,1-4H3. The van der Waals surface area contributed by atoms with Crippen LogP contribution in [-0.4, -0.2) is 10.1 Å². The zero-order chi connectivity index (χ0) is 14.0. The van der Waals surface area contributed by atoms with Crippen molar-refractivity contribution in [2.24, 2.45) is 11.1 Å². The monoisotopic (exact) mass is 259 g/mol. The molecule has 4 nitrogen and oxygen atoms in total. The number of benzene rings is 1. The smallest absolute Gasteiger partial charge is 0.231 e. The van der Waals surface area contributed by atoms with Gasteiger partial charge in [0.1, 0.15) is 0 Å². The minimum atomic E-state index is -0.219. The van der Waals surface area contributed by atoms with Crippen molar-refractivity contribution in [3.05, 3.63) is 47.1 Å². The van der Waals surface area contributed by atoms with Crippen LogP contribution < -0.4 is 5.73 Å². The number of nitrogens with two attached hydrogens (primary N) is 1. The summed E-state index contributed by atoms with van der Waals surface area (Å²) in [6, 6.07) is 8.08. The number of rotatable bonds is 3. The van der Waals surface area contributed by atoms with E-state index in [1.165, 1.54) is 5.56 Å². The maximum Gasteiger partial charge on any atom is 0.231 e. The van der Waals surface area contributed by atoms with Crippen molar-refractivity contribution < 1.29 is 4.52 Å². The van der Waals surface area contributed by atoms with Gasteiger partial charge in [0.15, 0.2) is 5.82 Å². The van der Waals surface area contributed by atoms with Gasteiger partial charge < -0.3 is 10.3 Å². The SMILES string of the molecule is Cc1ccc(Cc2nc(C(N)C(C)(C)C)no2)cc1. The van der Waals surface area contributed by atoms with Gasteiger partial charge in [-0.25, -0.2) is 0 Å². The molecule has 0 saturated carbocycles. The fraction of sp³-hybridized carbons (Fsp3) is 0.467. The Balaban J connectivity index is 2.11. The molecule has 0 aliphatic heterocycles. The lowest BCUT2D eigenvalue weighted by Crippen LogP contribution is -2.27. The highest BCUT2D eigenvalue weighted by Gasteiger charge is 2.26. The molecule has 1 heterocycles. The topological polar surface area (TPSA) is 64.9 Å². The Labute approximate surface area is 114 Å². The van der Waals surface area contributed by atoms with Gasteiger partial charge >= 0.3 is 0 Å². The maximum absolute atomic E-state index is 6.11. The molecule has 1 unspecified atom stereocenters. The molecule has 0 spiro atoms. The molecule has 2 aromatic rings. The van der Waals surface area contributed by atoms with E-state index in [2.05, 4.69) is 62.1 Å². The maximum atomic E-state index is 6.11. The summed E-state index contributed by atoms with van der Waals surface area (Å²) in [7, 11) is 0. The van der Waals surface area contributed by atoms with Crippen LogP contribution in [0.15, 0.2) is 28.8 Å². The summed E-state index contributed by atoms with van der Waals surface area (Å²) in [5.41, 5.74) is 8.43. The van der Waals surface area contributed by atoms with Crippen LogP contribution in [0.3, 0.4) is 0 Å². The molecule has 1 aromatic heterocycles. The molecule has 0 radical (unpaired) electrons. The Morgan fingerprint density at radius 1 is 1.21 bits per heavy atom. The number of hydrogen-bond donors (Lipinski definition) is 1. The van der Waals surface area contributed by atoms with Crippen molar-refractivity contribution in [2.75, 3.05) is 0 Å². The molecule has 0 amide bonds. The summed E-state index contributed by atoms with van der Waals surface area (Å²) in [4.78, 5) is 4.39. The van der Waals surface area contributed by atoms with Gasteiger partial charge in [-0.3, -0.25) is 0 Å². The van der Waals surface area contributed by atoms with Crippen molar-refractivity contribution in [3.63, 3.8) is 0 Å². The lowest BCUT2D eigenvalue weighted by atomic mass is 9.87. The van der Waals surface area contributed by atoms with Gasteiger partial charge in [0.2, 0.25) is 5.89 Å². The van der Waals surface area contributed by atoms with Crippen molar-refractivity contribution in [3.8, 4) is 0 Å². The van der Waals surface area contributed by atoms with Gasteiger partial charge in [0.25, 0.3) is 0 Å². The van der Waals surface area contributed by atoms with E-state index in [0.717, 1.165) is 5.56 Å². The predicted molar refractivity (Wildman–Crippen MR) is 74.7 cm³/mol. The highest BCUT2D eigenvalue weighted by Crippen LogP contribution is 2.28. The van der Waals surface area contributed by atoms with Crippen LogP contribution >= 0.6 is 0 Å². The molecule has 1 aromatic carbocycles. The van der Waals surface area contributed by atoms with Crippen LogP contribution in [0, 0.1) is 12.3 Å². The van der Waals surface area contributed by atoms with E-state index < -0.39 is 0 Å². The van der Waals surface area contributed by atoms with E-state index in [4.69, 9.17) is 10.3 Å². The normalized spacial score (nSPS) is 13.5. The lowest BCUT2D eigenvalue weighted by molar-refractivity contribution is 0.301. The third-order valence-corrected chi connectivity index (χ3v) is 3.17. The summed E-state index contributed by atoms with van der Waals surface area (Å²) in [6.07, 6.45) is 0.643. The molecule has 1 atom stereocenters. The largest absolute Gasteiger partial charge is 0.339 e. The third kappa shape index (κ3) is 3.41. The summed E-state index contributed by atoms with van der Waals surface area (Å²) in [6.45, 7) is 8.26. The quantitative estimate of drug-likeness (QED) is 0.920. The van der Waals surface area contributed by atoms with E-state index in [9.17, 15) is 0 Å². The molecule has 102 valence electrons. The average molecular weight is 259 g/mol. The number of aryl methyl sites for hydroxylation is 1. The first-order chi connectivity index (χ1) is 8.86. The van der Waals surface area contributed by atoms with Crippen LogP contribution in [0.1, 0.15) is 49.7 Å². The van der Waals surface area contributed by atoms with Crippen molar-refractivity contribution >= 4 is 0 Å². The molecule has 0 aliphatic rings. The Morgan fingerprint density at radius 2 is 1.84 bits per heavy atom. The highest BCUT2D eigenvalue weighted by molar-refractivity contribution is 5.23. The van der Waals surface area contributed by atoms with Crippen molar-refractivity contribution in [1.29, 1.82) is 0 Å². The van der Waals surface area contributed by atoms with E-state index in [1.54, 1.807) is 0 Å². The summed E-state index contributed by atoms with van der Waals surface area (Å²) < 4.78 is 5.27. The molecular weight excluding hydrogens is 238 g/mol. The van der Waals surface area contributed by atoms with Gasteiger partial charge in [-0.05, 0) is 17.9 Å². The molecule has 0 saturated heterocycles. The molecular formula is C15H21N3O. The van der Waals surface area contributed by atoms with E-state index >= 15 is 0 Å². The second kappa shape index (κ2) is 5.13. The van der Waals surface area contributed by atoms with Crippen LogP contribution in [0.25, 0.3) is 0 Å². The second-order valence-electron chi connectivity index (χ2n) is 6.05. The number of nitrogens with zero attached hydrogens (tertiary/aromatic N) is 2. The molecule has 4 heteroatoms. The average Bonchev–Trinajstić information content (AvgIpc) is 2.78. The van der Waals surface area contributed by atoms with Crippen LogP contribution in [-0.2, 0) is 6.42 Å². The Morgan fingerprint density at radius 3 is 2.42 bits per heavy atom. The third-order valence-electron chi connectivity index (χ3n) is 3.17. The first-order valence-electron chi connectivity index (χ1n) is 6.50. The summed E-state index contributed by atoms with van der Waals surface area (Å²) in [5.74, 6) is 1.19. The zero-order valence-corrected chi connectivity index (χ0v) is 12.0. The number of hydrogen-bond acceptors (Lipinski definition) is 4. The van der Waals surface area contributed by atoms with Crippen LogP contribution in [0.5, 0.6) is 0 Å². The van der Waals surface area contributed by atoms with Gasteiger partial charge in [0.05, 0.1) is 12.5 Å². The fourth-order valence-corrected chi connectivity index (χ4v) is 1.73. The van der Waals surface area contributed by atoms with E-state index in [1.807, 2.05) is 0 Å². The summed E-state index contributed by atoms with van der Waals surface area (Å²) >= 11 is 0. The minimum absolute atomic E-state index is 0.0784. The minimum Gasteiger partial charge on any atom is -0.339 e. The molecule has 0 bridgehead atoms. The number of aromatic nitrogens is 2. The second-order valence-corrected chi connectivity index (χ2v) is 6.05.